The molecule has 2 fully saturated rings. The Balaban J connectivity index is 1.34. The molecule has 1 aromatic heterocycles. The minimum Gasteiger partial charge on any atom is -0.379 e. The average molecular weight is 377 g/mol. The van der Waals surface area contributed by atoms with E-state index in [1.54, 1.807) is 6.20 Å². The first-order valence-corrected chi connectivity index (χ1v) is 10.1. The number of ether oxygens (including phenoxy) is 1. The molecule has 0 aliphatic carbocycles. The second kappa shape index (κ2) is 10.4. The second-order valence-corrected chi connectivity index (χ2v) is 7.30. The van der Waals surface area contributed by atoms with E-state index in [1.165, 1.54) is 0 Å². The Labute approximate surface area is 160 Å². The number of hydrogen-bond acceptors (Lipinski definition) is 5. The third kappa shape index (κ3) is 6.32. The van der Waals surface area contributed by atoms with Crippen molar-refractivity contribution in [1.29, 1.82) is 0 Å². The van der Waals surface area contributed by atoms with E-state index >= 15 is 0 Å². The highest BCUT2D eigenvalue weighted by Gasteiger charge is 2.29. The van der Waals surface area contributed by atoms with Gasteiger partial charge in [-0.15, -0.1) is 0 Å². The molecule has 8 heteroatoms. The molecule has 150 valence electrons. The van der Waals surface area contributed by atoms with Gasteiger partial charge in [0.25, 0.3) is 0 Å². The van der Waals surface area contributed by atoms with E-state index < -0.39 is 0 Å². The number of piperidine rings is 1. The lowest BCUT2D eigenvalue weighted by molar-refractivity contribution is -0.138. The van der Waals surface area contributed by atoms with Crippen LogP contribution in [0.3, 0.4) is 0 Å². The maximum atomic E-state index is 12.4. The molecule has 0 spiro atoms. The number of carbonyl (C=O) groups excluding carboxylic acids is 2. The highest BCUT2D eigenvalue weighted by atomic mass is 16.5. The smallest absolute Gasteiger partial charge is 0.224 e. The maximum absolute atomic E-state index is 12.4. The van der Waals surface area contributed by atoms with Gasteiger partial charge in [0.1, 0.15) is 0 Å². The lowest BCUT2D eigenvalue weighted by Gasteiger charge is -2.33. The Bertz CT molecular complexity index is 586. The van der Waals surface area contributed by atoms with Gasteiger partial charge in [0, 0.05) is 64.6 Å². The summed E-state index contributed by atoms with van der Waals surface area (Å²) in [7, 11) is 0. The molecule has 2 amide bonds. The van der Waals surface area contributed by atoms with Crippen LogP contribution in [-0.4, -0.2) is 83.9 Å². The van der Waals surface area contributed by atoms with Gasteiger partial charge in [-0.2, -0.15) is 5.10 Å². The minimum atomic E-state index is -0.0872. The predicted octanol–water partition coefficient (Wildman–Crippen LogP) is 0.350. The van der Waals surface area contributed by atoms with Gasteiger partial charge in [-0.25, -0.2) is 0 Å². The van der Waals surface area contributed by atoms with Crippen LogP contribution in [0.25, 0.3) is 0 Å². The van der Waals surface area contributed by atoms with Gasteiger partial charge in [-0.05, 0) is 25.3 Å². The summed E-state index contributed by atoms with van der Waals surface area (Å²) < 4.78 is 7.22. The molecule has 0 unspecified atom stereocenters. The predicted molar refractivity (Wildman–Crippen MR) is 101 cm³/mol. The number of morpholine rings is 1. The molecule has 0 radical (unpaired) electrons. The van der Waals surface area contributed by atoms with Gasteiger partial charge in [0.15, 0.2) is 0 Å². The van der Waals surface area contributed by atoms with Crippen LogP contribution >= 0.6 is 0 Å². The van der Waals surface area contributed by atoms with Crippen LogP contribution in [0, 0.1) is 5.92 Å². The minimum absolute atomic E-state index is 0.0705. The molecule has 27 heavy (non-hydrogen) atoms. The molecular formula is C19H31N5O3. The Morgan fingerprint density at radius 3 is 2.85 bits per heavy atom. The number of nitrogens with one attached hydrogen (secondary N) is 1. The van der Waals surface area contributed by atoms with Crippen LogP contribution in [0.15, 0.2) is 18.5 Å². The first kappa shape index (κ1) is 19.8. The lowest BCUT2D eigenvalue weighted by Crippen LogP contribution is -2.47. The molecule has 2 saturated heterocycles. The summed E-state index contributed by atoms with van der Waals surface area (Å²) in [6.45, 7) is 7.24. The van der Waals surface area contributed by atoms with E-state index in [2.05, 4.69) is 15.3 Å². The topological polar surface area (TPSA) is 79.7 Å². The van der Waals surface area contributed by atoms with Crippen molar-refractivity contribution in [3.05, 3.63) is 18.5 Å². The molecule has 0 saturated carbocycles. The third-order valence-electron chi connectivity index (χ3n) is 5.30. The molecule has 8 nitrogen and oxygen atoms in total. The number of nitrogens with zero attached hydrogens (tertiary/aromatic N) is 4. The number of aromatic nitrogens is 2. The number of carbonyl (C=O) groups is 2. The molecule has 0 aromatic carbocycles. The van der Waals surface area contributed by atoms with Crippen molar-refractivity contribution < 1.29 is 14.3 Å². The fraction of sp³-hybridized carbons (Fsp3) is 0.737. The standard InChI is InChI=1S/C19H31N5O3/c25-18-5-4-17(19(26)20-6-1-10-24-11-2-7-21-24)16-23(18)9-3-8-22-12-14-27-15-13-22/h2,7,11,17H,1,3-6,8-10,12-16H2,(H,20,26)/t17-/m1/s1. The van der Waals surface area contributed by atoms with E-state index in [4.69, 9.17) is 4.74 Å². The Morgan fingerprint density at radius 1 is 1.22 bits per heavy atom. The summed E-state index contributed by atoms with van der Waals surface area (Å²) in [5.74, 6) is 0.164. The summed E-state index contributed by atoms with van der Waals surface area (Å²) >= 11 is 0. The molecule has 3 heterocycles. The van der Waals surface area contributed by atoms with E-state index in [9.17, 15) is 9.59 Å². The van der Waals surface area contributed by atoms with Crippen molar-refractivity contribution in [1.82, 2.24) is 24.9 Å². The fourth-order valence-corrected chi connectivity index (χ4v) is 3.68. The molecule has 2 aliphatic rings. The van der Waals surface area contributed by atoms with E-state index in [1.807, 2.05) is 21.8 Å². The van der Waals surface area contributed by atoms with Crippen LogP contribution in [0.2, 0.25) is 0 Å². The van der Waals surface area contributed by atoms with Gasteiger partial charge in [0.2, 0.25) is 11.8 Å². The summed E-state index contributed by atoms with van der Waals surface area (Å²) in [6, 6.07) is 1.89. The van der Waals surface area contributed by atoms with Gasteiger partial charge in [-0.1, -0.05) is 0 Å². The Kier molecular flexibility index (Phi) is 7.65. The van der Waals surface area contributed by atoms with Crippen LogP contribution in [0.4, 0.5) is 0 Å². The van der Waals surface area contributed by atoms with E-state index in [-0.39, 0.29) is 17.7 Å². The average Bonchev–Trinajstić information content (AvgIpc) is 3.21. The zero-order valence-corrected chi connectivity index (χ0v) is 16.0. The molecule has 1 N–H and O–H groups in total. The van der Waals surface area contributed by atoms with Crippen molar-refractivity contribution in [3.8, 4) is 0 Å². The number of rotatable bonds is 9. The Hall–Kier alpha value is -1.93. The SMILES string of the molecule is O=C(NCCCn1cccn1)[C@@H]1CCC(=O)N(CCCN2CCOCC2)C1. The maximum Gasteiger partial charge on any atom is 0.224 e. The number of amides is 2. The normalized spacial score (nSPS) is 21.4. The summed E-state index contributed by atoms with van der Waals surface area (Å²) in [5, 5.41) is 7.17. The van der Waals surface area contributed by atoms with Gasteiger partial charge in [-0.3, -0.25) is 19.2 Å². The lowest BCUT2D eigenvalue weighted by atomic mass is 9.96. The van der Waals surface area contributed by atoms with Crippen molar-refractivity contribution in [2.75, 3.05) is 52.5 Å². The van der Waals surface area contributed by atoms with Crippen LogP contribution in [0.1, 0.15) is 25.7 Å². The van der Waals surface area contributed by atoms with Gasteiger partial charge in [0.05, 0.1) is 19.1 Å². The highest BCUT2D eigenvalue weighted by Crippen LogP contribution is 2.18. The van der Waals surface area contributed by atoms with Crippen molar-refractivity contribution in [3.63, 3.8) is 0 Å². The third-order valence-corrected chi connectivity index (χ3v) is 5.30. The first-order valence-electron chi connectivity index (χ1n) is 10.1. The number of hydrogen-bond donors (Lipinski definition) is 1. The highest BCUT2D eigenvalue weighted by molar-refractivity contribution is 5.83. The molecular weight excluding hydrogens is 346 g/mol. The Morgan fingerprint density at radius 2 is 2.07 bits per heavy atom. The molecule has 2 aliphatic heterocycles. The zero-order chi connectivity index (χ0) is 18.9. The summed E-state index contributed by atoms with van der Waals surface area (Å²) in [5.41, 5.74) is 0. The number of likely N-dealkylation sites (tertiary alicyclic amines) is 1. The summed E-state index contributed by atoms with van der Waals surface area (Å²) in [4.78, 5) is 28.9. The van der Waals surface area contributed by atoms with Crippen LogP contribution in [0.5, 0.6) is 0 Å². The van der Waals surface area contributed by atoms with Gasteiger partial charge < -0.3 is 15.0 Å². The van der Waals surface area contributed by atoms with E-state index in [0.717, 1.165) is 58.8 Å². The quantitative estimate of drug-likeness (QED) is 0.628. The van der Waals surface area contributed by atoms with E-state index in [0.29, 0.717) is 25.9 Å². The van der Waals surface area contributed by atoms with Gasteiger partial charge >= 0.3 is 0 Å². The first-order chi connectivity index (χ1) is 13.2. The van der Waals surface area contributed by atoms with Crippen molar-refractivity contribution in [2.45, 2.75) is 32.2 Å². The van der Waals surface area contributed by atoms with Crippen molar-refractivity contribution in [2.24, 2.45) is 5.92 Å². The summed E-state index contributed by atoms with van der Waals surface area (Å²) in [6.07, 6.45) is 6.60. The molecule has 0 bridgehead atoms. The van der Waals surface area contributed by atoms with Crippen LogP contribution < -0.4 is 5.32 Å². The zero-order valence-electron chi connectivity index (χ0n) is 16.0. The largest absolute Gasteiger partial charge is 0.379 e. The fourth-order valence-electron chi connectivity index (χ4n) is 3.68. The molecule has 1 aromatic rings. The monoisotopic (exact) mass is 377 g/mol. The number of aryl methyl sites for hydroxylation is 1. The molecule has 3 rings (SSSR count). The molecule has 1 atom stereocenters. The van der Waals surface area contributed by atoms with Crippen molar-refractivity contribution >= 4 is 11.8 Å². The second-order valence-electron chi connectivity index (χ2n) is 7.30. The van der Waals surface area contributed by atoms with Crippen LogP contribution in [-0.2, 0) is 20.9 Å².